The Kier molecular flexibility index (Phi) is 6.31. The molecule has 3 N–H and O–H groups in total. The van der Waals surface area contributed by atoms with E-state index in [2.05, 4.69) is 6.07 Å². The number of hydrogen-bond donors (Lipinski definition) is 2. The fourth-order valence-corrected chi connectivity index (χ4v) is 1.91. The molecule has 0 radical (unpaired) electrons. The van der Waals surface area contributed by atoms with Gasteiger partial charge in [-0.3, -0.25) is 4.79 Å². The van der Waals surface area contributed by atoms with Crippen LogP contribution in [0.3, 0.4) is 0 Å². The SMILES string of the molecule is Cl.Cl.NC(CN1CCc2ccccc21)C(=O)O. The summed E-state index contributed by atoms with van der Waals surface area (Å²) in [4.78, 5) is 12.7. The zero-order chi connectivity index (χ0) is 10.8. The molecule has 1 heterocycles. The largest absolute Gasteiger partial charge is 0.480 e. The van der Waals surface area contributed by atoms with Crippen LogP contribution in [0.2, 0.25) is 0 Å². The van der Waals surface area contributed by atoms with Gasteiger partial charge in [0, 0.05) is 18.8 Å². The minimum atomic E-state index is -0.945. The zero-order valence-corrected chi connectivity index (χ0v) is 10.8. The summed E-state index contributed by atoms with van der Waals surface area (Å²) in [6.07, 6.45) is 0.975. The van der Waals surface area contributed by atoms with Crippen LogP contribution in [0.15, 0.2) is 24.3 Å². The maximum absolute atomic E-state index is 10.6. The third-order valence-corrected chi connectivity index (χ3v) is 2.72. The van der Waals surface area contributed by atoms with E-state index in [9.17, 15) is 4.79 Å². The topological polar surface area (TPSA) is 66.6 Å². The maximum Gasteiger partial charge on any atom is 0.322 e. The zero-order valence-electron chi connectivity index (χ0n) is 9.20. The fraction of sp³-hybridized carbons (Fsp3) is 0.364. The van der Waals surface area contributed by atoms with E-state index in [0.29, 0.717) is 6.54 Å². The van der Waals surface area contributed by atoms with Crippen LogP contribution in [-0.2, 0) is 11.2 Å². The molecule has 0 bridgehead atoms. The molecule has 1 atom stereocenters. The number of rotatable bonds is 3. The van der Waals surface area contributed by atoms with E-state index in [4.69, 9.17) is 10.8 Å². The first-order valence-corrected chi connectivity index (χ1v) is 4.99. The molecule has 4 nitrogen and oxygen atoms in total. The summed E-state index contributed by atoms with van der Waals surface area (Å²) in [5, 5.41) is 8.74. The Hall–Kier alpha value is -0.970. The number of carboxylic acid groups (broad SMARTS) is 1. The van der Waals surface area contributed by atoms with Crippen molar-refractivity contribution in [1.29, 1.82) is 0 Å². The van der Waals surface area contributed by atoms with Crippen LogP contribution < -0.4 is 10.6 Å². The summed E-state index contributed by atoms with van der Waals surface area (Å²) in [7, 11) is 0. The van der Waals surface area contributed by atoms with Crippen molar-refractivity contribution in [2.75, 3.05) is 18.0 Å². The smallest absolute Gasteiger partial charge is 0.322 e. The van der Waals surface area contributed by atoms with Gasteiger partial charge >= 0.3 is 5.97 Å². The van der Waals surface area contributed by atoms with Crippen LogP contribution in [0, 0.1) is 0 Å². The standard InChI is InChI=1S/C11H14N2O2.2ClH/c12-9(11(14)15)7-13-6-5-8-3-1-2-4-10(8)13;;/h1-4,9H,5-7,12H2,(H,14,15);2*1H. The molecule has 1 aliphatic rings. The lowest BCUT2D eigenvalue weighted by Crippen LogP contribution is -2.42. The molecule has 0 aromatic heterocycles. The number of para-hydroxylation sites is 1. The van der Waals surface area contributed by atoms with Crippen molar-refractivity contribution in [3.8, 4) is 0 Å². The van der Waals surface area contributed by atoms with Gasteiger partial charge in [0.25, 0.3) is 0 Å². The van der Waals surface area contributed by atoms with Gasteiger partial charge in [0.1, 0.15) is 6.04 Å². The molecular weight excluding hydrogens is 263 g/mol. The molecule has 2 rings (SSSR count). The number of aliphatic carboxylic acids is 1. The molecule has 0 amide bonds. The molecule has 6 heteroatoms. The summed E-state index contributed by atoms with van der Waals surface area (Å²) in [5.41, 5.74) is 7.91. The van der Waals surface area contributed by atoms with Crippen molar-refractivity contribution in [1.82, 2.24) is 0 Å². The molecule has 1 aromatic rings. The molecule has 0 saturated carbocycles. The first-order valence-electron chi connectivity index (χ1n) is 4.99. The third kappa shape index (κ3) is 3.49. The van der Waals surface area contributed by atoms with E-state index in [0.717, 1.165) is 18.7 Å². The van der Waals surface area contributed by atoms with Gasteiger partial charge in [-0.1, -0.05) is 18.2 Å². The predicted octanol–water partition coefficient (Wildman–Crippen LogP) is 1.30. The van der Waals surface area contributed by atoms with E-state index in [1.807, 2.05) is 23.1 Å². The normalized spacial score (nSPS) is 14.3. The Morgan fingerprint density at radius 3 is 2.71 bits per heavy atom. The van der Waals surface area contributed by atoms with Crippen LogP contribution in [0.4, 0.5) is 5.69 Å². The third-order valence-electron chi connectivity index (χ3n) is 2.72. The molecule has 0 spiro atoms. The van der Waals surface area contributed by atoms with Crippen LogP contribution >= 0.6 is 24.8 Å². The molecule has 1 aromatic carbocycles. The van der Waals surface area contributed by atoms with Crippen LogP contribution in [0.25, 0.3) is 0 Å². The predicted molar refractivity (Wildman–Crippen MR) is 72.5 cm³/mol. The van der Waals surface area contributed by atoms with E-state index in [1.165, 1.54) is 5.56 Å². The molecular formula is C11H16Cl2N2O2. The molecule has 96 valence electrons. The summed E-state index contributed by atoms with van der Waals surface area (Å²) in [5.74, 6) is -0.945. The monoisotopic (exact) mass is 278 g/mol. The van der Waals surface area contributed by atoms with Gasteiger partial charge in [0.2, 0.25) is 0 Å². The van der Waals surface area contributed by atoms with E-state index in [-0.39, 0.29) is 24.8 Å². The van der Waals surface area contributed by atoms with Crippen molar-refractivity contribution in [2.45, 2.75) is 12.5 Å². The fourth-order valence-electron chi connectivity index (χ4n) is 1.91. The first kappa shape index (κ1) is 16.0. The molecule has 0 saturated heterocycles. The molecule has 0 aliphatic carbocycles. The Labute approximate surface area is 113 Å². The molecule has 1 aliphatic heterocycles. The Morgan fingerprint density at radius 1 is 1.41 bits per heavy atom. The van der Waals surface area contributed by atoms with Crippen LogP contribution in [0.5, 0.6) is 0 Å². The van der Waals surface area contributed by atoms with Crippen molar-refractivity contribution >= 4 is 36.5 Å². The van der Waals surface area contributed by atoms with E-state index >= 15 is 0 Å². The second kappa shape index (κ2) is 6.69. The summed E-state index contributed by atoms with van der Waals surface area (Å²) < 4.78 is 0. The molecule has 1 unspecified atom stereocenters. The number of hydrogen-bond acceptors (Lipinski definition) is 3. The number of anilines is 1. The molecule has 0 fully saturated rings. The maximum atomic E-state index is 10.6. The van der Waals surface area contributed by atoms with Crippen molar-refractivity contribution in [3.63, 3.8) is 0 Å². The van der Waals surface area contributed by atoms with Gasteiger partial charge in [-0.15, -0.1) is 24.8 Å². The first-order chi connectivity index (χ1) is 7.18. The highest BCUT2D eigenvalue weighted by molar-refractivity contribution is 5.85. The summed E-state index contributed by atoms with van der Waals surface area (Å²) >= 11 is 0. The lowest BCUT2D eigenvalue weighted by molar-refractivity contribution is -0.138. The summed E-state index contributed by atoms with van der Waals surface area (Å²) in [6.45, 7) is 1.24. The van der Waals surface area contributed by atoms with Crippen molar-refractivity contribution < 1.29 is 9.90 Å². The lowest BCUT2D eigenvalue weighted by atomic mass is 10.2. The Balaban J connectivity index is 0.00000128. The number of carbonyl (C=O) groups is 1. The van der Waals surface area contributed by atoms with Gasteiger partial charge in [-0.25, -0.2) is 0 Å². The quantitative estimate of drug-likeness (QED) is 0.875. The second-order valence-electron chi connectivity index (χ2n) is 3.77. The van der Waals surface area contributed by atoms with Gasteiger partial charge < -0.3 is 15.7 Å². The number of carboxylic acids is 1. The van der Waals surface area contributed by atoms with Crippen LogP contribution in [0.1, 0.15) is 5.56 Å². The van der Waals surface area contributed by atoms with Gasteiger partial charge in [0.15, 0.2) is 0 Å². The average molecular weight is 279 g/mol. The average Bonchev–Trinajstić information content (AvgIpc) is 2.62. The number of nitrogens with zero attached hydrogens (tertiary/aromatic N) is 1. The highest BCUT2D eigenvalue weighted by Crippen LogP contribution is 2.26. The van der Waals surface area contributed by atoms with Gasteiger partial charge in [0.05, 0.1) is 0 Å². The Bertz CT molecular complexity index is 387. The lowest BCUT2D eigenvalue weighted by Gasteiger charge is -2.21. The highest BCUT2D eigenvalue weighted by atomic mass is 35.5. The summed E-state index contributed by atoms with van der Waals surface area (Å²) in [6, 6.07) is 7.23. The minimum Gasteiger partial charge on any atom is -0.480 e. The van der Waals surface area contributed by atoms with Gasteiger partial charge in [-0.2, -0.15) is 0 Å². The van der Waals surface area contributed by atoms with E-state index in [1.54, 1.807) is 0 Å². The second-order valence-corrected chi connectivity index (χ2v) is 3.77. The minimum absolute atomic E-state index is 0. The number of benzene rings is 1. The highest BCUT2D eigenvalue weighted by Gasteiger charge is 2.22. The van der Waals surface area contributed by atoms with Crippen LogP contribution in [-0.4, -0.2) is 30.2 Å². The van der Waals surface area contributed by atoms with E-state index < -0.39 is 12.0 Å². The Morgan fingerprint density at radius 2 is 2.06 bits per heavy atom. The number of fused-ring (bicyclic) bond motifs is 1. The van der Waals surface area contributed by atoms with Crippen molar-refractivity contribution in [2.24, 2.45) is 5.73 Å². The number of nitrogens with two attached hydrogens (primary N) is 1. The number of halogens is 2. The van der Waals surface area contributed by atoms with Crippen molar-refractivity contribution in [3.05, 3.63) is 29.8 Å². The van der Waals surface area contributed by atoms with Gasteiger partial charge in [-0.05, 0) is 18.1 Å². The molecule has 17 heavy (non-hydrogen) atoms.